The van der Waals surface area contributed by atoms with E-state index < -0.39 is 0 Å². The molecule has 6 heteroatoms. The number of nitrogens with zero attached hydrogens (tertiary/aromatic N) is 3. The van der Waals surface area contributed by atoms with Gasteiger partial charge in [-0.2, -0.15) is 0 Å². The fourth-order valence-electron chi connectivity index (χ4n) is 1.27. The van der Waals surface area contributed by atoms with Crippen molar-refractivity contribution < 1.29 is 0 Å². The lowest BCUT2D eigenvalue weighted by atomic mass is 10.5. The van der Waals surface area contributed by atoms with E-state index in [1.807, 2.05) is 20.0 Å². The summed E-state index contributed by atoms with van der Waals surface area (Å²) in [7, 11) is 0. The maximum atomic E-state index is 5.83. The third kappa shape index (κ3) is 2.90. The molecule has 0 fully saturated rings. The highest BCUT2D eigenvalue weighted by Crippen LogP contribution is 2.15. The van der Waals surface area contributed by atoms with Crippen LogP contribution in [0.5, 0.6) is 0 Å². The Labute approximate surface area is 103 Å². The van der Waals surface area contributed by atoms with Gasteiger partial charge in [-0.1, -0.05) is 11.6 Å². The Morgan fingerprint density at radius 3 is 2.81 bits per heavy atom. The Hall–Kier alpha value is -1.20. The molecule has 0 bridgehead atoms. The van der Waals surface area contributed by atoms with Crippen molar-refractivity contribution in [2.75, 3.05) is 5.32 Å². The largest absolute Gasteiger partial charge is 0.363 e. The van der Waals surface area contributed by atoms with Gasteiger partial charge in [0.25, 0.3) is 0 Å². The molecular formula is C10H11ClN4S. The van der Waals surface area contributed by atoms with Crippen molar-refractivity contribution in [3.63, 3.8) is 0 Å². The van der Waals surface area contributed by atoms with Gasteiger partial charge in [-0.05, 0) is 13.8 Å². The van der Waals surface area contributed by atoms with Crippen LogP contribution in [-0.4, -0.2) is 15.0 Å². The molecule has 0 aliphatic rings. The molecule has 84 valence electrons. The number of nitrogens with one attached hydrogen (secondary N) is 1. The zero-order chi connectivity index (χ0) is 11.5. The van der Waals surface area contributed by atoms with Crippen LogP contribution < -0.4 is 5.32 Å². The lowest BCUT2D eigenvalue weighted by Crippen LogP contribution is -2.02. The van der Waals surface area contributed by atoms with Crippen LogP contribution in [0.3, 0.4) is 0 Å². The van der Waals surface area contributed by atoms with E-state index in [0.29, 0.717) is 17.5 Å². The number of anilines is 1. The van der Waals surface area contributed by atoms with Crippen LogP contribution >= 0.6 is 22.9 Å². The first-order valence-corrected chi connectivity index (χ1v) is 5.99. The van der Waals surface area contributed by atoms with Crippen LogP contribution in [0.15, 0.2) is 12.3 Å². The standard InChI is InChI=1S/C10H11ClN4S/c1-6-4-13-10(16-6)5-12-9-3-8(11)14-7(2)15-9/h3-4H,5H2,1-2H3,(H,12,14,15). The first-order chi connectivity index (χ1) is 7.63. The average Bonchev–Trinajstić information content (AvgIpc) is 2.60. The number of thiazole rings is 1. The second-order valence-corrected chi connectivity index (χ2v) is 5.05. The number of hydrogen-bond donors (Lipinski definition) is 1. The Kier molecular flexibility index (Phi) is 3.36. The Bertz CT molecular complexity index is 477. The normalized spacial score (nSPS) is 10.4. The van der Waals surface area contributed by atoms with Crippen molar-refractivity contribution >= 4 is 28.8 Å². The van der Waals surface area contributed by atoms with E-state index in [-0.39, 0.29) is 0 Å². The number of rotatable bonds is 3. The first kappa shape index (κ1) is 11.3. The van der Waals surface area contributed by atoms with Crippen molar-refractivity contribution in [1.82, 2.24) is 15.0 Å². The predicted octanol–water partition coefficient (Wildman–Crippen LogP) is 2.82. The van der Waals surface area contributed by atoms with Crippen molar-refractivity contribution in [1.29, 1.82) is 0 Å². The molecule has 0 aliphatic heterocycles. The third-order valence-corrected chi connectivity index (χ3v) is 3.00. The highest BCUT2D eigenvalue weighted by Gasteiger charge is 2.02. The van der Waals surface area contributed by atoms with Crippen LogP contribution in [0.4, 0.5) is 5.82 Å². The number of aromatic nitrogens is 3. The molecule has 0 unspecified atom stereocenters. The number of aryl methyl sites for hydroxylation is 2. The van der Waals surface area contributed by atoms with Crippen molar-refractivity contribution in [2.45, 2.75) is 20.4 Å². The molecule has 0 spiro atoms. The molecule has 0 amide bonds. The van der Waals surface area contributed by atoms with E-state index in [0.717, 1.165) is 10.8 Å². The molecular weight excluding hydrogens is 244 g/mol. The highest BCUT2D eigenvalue weighted by atomic mass is 35.5. The van der Waals surface area contributed by atoms with Gasteiger partial charge in [0, 0.05) is 17.1 Å². The predicted molar refractivity (Wildman–Crippen MR) is 66.0 cm³/mol. The van der Waals surface area contributed by atoms with E-state index >= 15 is 0 Å². The van der Waals surface area contributed by atoms with Gasteiger partial charge in [0.05, 0.1) is 6.54 Å². The monoisotopic (exact) mass is 254 g/mol. The Morgan fingerprint density at radius 1 is 1.38 bits per heavy atom. The summed E-state index contributed by atoms with van der Waals surface area (Å²) < 4.78 is 0. The molecule has 2 aromatic heterocycles. The summed E-state index contributed by atoms with van der Waals surface area (Å²) in [5.74, 6) is 1.38. The van der Waals surface area contributed by atoms with Gasteiger partial charge in [0.1, 0.15) is 21.8 Å². The van der Waals surface area contributed by atoms with E-state index in [9.17, 15) is 0 Å². The zero-order valence-electron chi connectivity index (χ0n) is 8.99. The average molecular weight is 255 g/mol. The van der Waals surface area contributed by atoms with Crippen LogP contribution in [0.2, 0.25) is 5.15 Å². The molecule has 16 heavy (non-hydrogen) atoms. The molecule has 2 heterocycles. The minimum absolute atomic E-state index is 0.449. The topological polar surface area (TPSA) is 50.7 Å². The van der Waals surface area contributed by atoms with Gasteiger partial charge < -0.3 is 5.32 Å². The molecule has 0 saturated heterocycles. The summed E-state index contributed by atoms with van der Waals surface area (Å²) in [6.07, 6.45) is 1.86. The van der Waals surface area contributed by atoms with Gasteiger partial charge in [0.15, 0.2) is 0 Å². The molecule has 0 aliphatic carbocycles. The molecule has 4 nitrogen and oxygen atoms in total. The maximum Gasteiger partial charge on any atom is 0.134 e. The van der Waals surface area contributed by atoms with Crippen LogP contribution in [0, 0.1) is 13.8 Å². The molecule has 0 saturated carbocycles. The maximum absolute atomic E-state index is 5.83. The number of hydrogen-bond acceptors (Lipinski definition) is 5. The third-order valence-electron chi connectivity index (χ3n) is 1.90. The van der Waals surface area contributed by atoms with Gasteiger partial charge in [-0.25, -0.2) is 15.0 Å². The molecule has 1 N–H and O–H groups in total. The lowest BCUT2D eigenvalue weighted by Gasteiger charge is -2.04. The summed E-state index contributed by atoms with van der Waals surface area (Å²) in [5, 5.41) is 4.65. The van der Waals surface area contributed by atoms with E-state index in [1.165, 1.54) is 4.88 Å². The highest BCUT2D eigenvalue weighted by molar-refractivity contribution is 7.11. The SMILES string of the molecule is Cc1nc(Cl)cc(NCc2ncc(C)s2)n1. The van der Waals surface area contributed by atoms with Crippen LogP contribution in [-0.2, 0) is 6.54 Å². The summed E-state index contributed by atoms with van der Waals surface area (Å²) >= 11 is 7.50. The Morgan fingerprint density at radius 2 is 2.19 bits per heavy atom. The summed E-state index contributed by atoms with van der Waals surface area (Å²) in [4.78, 5) is 13.7. The minimum atomic E-state index is 0.449. The molecule has 2 rings (SSSR count). The summed E-state index contributed by atoms with van der Waals surface area (Å²) in [6.45, 7) is 4.50. The Balaban J connectivity index is 2.04. The van der Waals surface area contributed by atoms with Crippen LogP contribution in [0.25, 0.3) is 0 Å². The van der Waals surface area contributed by atoms with E-state index in [2.05, 4.69) is 20.3 Å². The molecule has 0 aromatic carbocycles. The van der Waals surface area contributed by atoms with Crippen molar-refractivity contribution in [3.8, 4) is 0 Å². The molecule has 0 atom stereocenters. The van der Waals surface area contributed by atoms with Crippen molar-refractivity contribution in [3.05, 3.63) is 33.1 Å². The van der Waals surface area contributed by atoms with Gasteiger partial charge in [0.2, 0.25) is 0 Å². The lowest BCUT2D eigenvalue weighted by molar-refractivity contribution is 1.01. The first-order valence-electron chi connectivity index (χ1n) is 4.80. The quantitative estimate of drug-likeness (QED) is 0.856. The fourth-order valence-corrected chi connectivity index (χ4v) is 2.22. The van der Waals surface area contributed by atoms with E-state index in [1.54, 1.807) is 17.4 Å². The summed E-state index contributed by atoms with van der Waals surface area (Å²) in [5.41, 5.74) is 0. The molecule has 0 radical (unpaired) electrons. The van der Waals surface area contributed by atoms with Gasteiger partial charge in [-0.3, -0.25) is 0 Å². The molecule has 2 aromatic rings. The number of halogens is 1. The summed E-state index contributed by atoms with van der Waals surface area (Å²) in [6, 6.07) is 1.70. The second-order valence-electron chi connectivity index (χ2n) is 3.34. The second kappa shape index (κ2) is 4.76. The minimum Gasteiger partial charge on any atom is -0.363 e. The smallest absolute Gasteiger partial charge is 0.134 e. The zero-order valence-corrected chi connectivity index (χ0v) is 10.6. The van der Waals surface area contributed by atoms with Crippen LogP contribution in [0.1, 0.15) is 15.7 Å². The fraction of sp³-hybridized carbons (Fsp3) is 0.300. The van der Waals surface area contributed by atoms with Crippen molar-refractivity contribution in [2.24, 2.45) is 0 Å². The van der Waals surface area contributed by atoms with Gasteiger partial charge >= 0.3 is 0 Å². The van der Waals surface area contributed by atoms with E-state index in [4.69, 9.17) is 11.6 Å². The van der Waals surface area contributed by atoms with Gasteiger partial charge in [-0.15, -0.1) is 11.3 Å².